The van der Waals surface area contributed by atoms with Crippen LogP contribution in [0.15, 0.2) is 64.0 Å². The first-order valence-electron chi connectivity index (χ1n) is 6.07. The van der Waals surface area contributed by atoms with E-state index in [-0.39, 0.29) is 11.3 Å². The van der Waals surface area contributed by atoms with Crippen LogP contribution in [-0.4, -0.2) is 9.74 Å². The second-order valence-corrected chi connectivity index (χ2v) is 5.31. The average Bonchev–Trinajstić information content (AvgIpc) is 3.10. The van der Waals surface area contributed by atoms with Crippen molar-refractivity contribution >= 4 is 17.3 Å². The molecule has 0 radical (unpaired) electrons. The minimum Gasteiger partial charge on any atom is -0.467 e. The van der Waals surface area contributed by atoms with Crippen molar-refractivity contribution in [1.82, 2.24) is 3.96 Å². The van der Waals surface area contributed by atoms with E-state index < -0.39 is 0 Å². The van der Waals surface area contributed by atoms with Crippen molar-refractivity contribution in [3.63, 3.8) is 0 Å². The molecule has 0 fully saturated rings. The molecular weight excluding hydrogens is 274 g/mol. The summed E-state index contributed by atoms with van der Waals surface area (Å²) in [6.45, 7) is 0.346. The van der Waals surface area contributed by atoms with Gasteiger partial charge in [-0.2, -0.15) is 0 Å². The molecule has 0 aliphatic rings. The van der Waals surface area contributed by atoms with Gasteiger partial charge in [0.2, 0.25) is 5.78 Å². The van der Waals surface area contributed by atoms with Crippen LogP contribution in [0.25, 0.3) is 0 Å². The Bertz CT molecular complexity index is 769. The Labute approximate surface area is 119 Å². The van der Waals surface area contributed by atoms with Crippen LogP contribution in [0, 0.1) is 0 Å². The summed E-state index contributed by atoms with van der Waals surface area (Å²) in [5, 5.41) is 0. The molecule has 0 spiro atoms. The van der Waals surface area contributed by atoms with Gasteiger partial charge in [0.15, 0.2) is 0 Å². The molecule has 4 nitrogen and oxygen atoms in total. The van der Waals surface area contributed by atoms with Gasteiger partial charge in [0.25, 0.3) is 5.56 Å². The first-order valence-corrected chi connectivity index (χ1v) is 6.84. The first-order chi connectivity index (χ1) is 9.74. The van der Waals surface area contributed by atoms with Gasteiger partial charge < -0.3 is 4.42 Å². The number of carbonyl (C=O) groups excluding carboxylic acids is 1. The van der Waals surface area contributed by atoms with Crippen LogP contribution >= 0.6 is 11.5 Å². The van der Waals surface area contributed by atoms with Crippen LogP contribution in [-0.2, 0) is 6.54 Å². The monoisotopic (exact) mass is 285 g/mol. The maximum absolute atomic E-state index is 12.2. The third-order valence-corrected chi connectivity index (χ3v) is 3.88. The summed E-state index contributed by atoms with van der Waals surface area (Å²) in [5.41, 5.74) is 0.393. The van der Waals surface area contributed by atoms with Gasteiger partial charge in [-0.05, 0) is 12.1 Å². The molecule has 5 heteroatoms. The van der Waals surface area contributed by atoms with Crippen LogP contribution in [0.4, 0.5) is 0 Å². The number of hydrogen-bond acceptors (Lipinski definition) is 4. The van der Waals surface area contributed by atoms with Gasteiger partial charge in [0.1, 0.15) is 5.76 Å². The topological polar surface area (TPSA) is 52.2 Å². The molecule has 3 rings (SSSR count). The lowest BCUT2D eigenvalue weighted by atomic mass is 10.1. The Kier molecular flexibility index (Phi) is 3.35. The van der Waals surface area contributed by atoms with Gasteiger partial charge in [-0.3, -0.25) is 13.5 Å². The number of nitrogens with zero attached hydrogens (tertiary/aromatic N) is 1. The van der Waals surface area contributed by atoms with Crippen LogP contribution in [0.2, 0.25) is 0 Å². The average molecular weight is 285 g/mol. The van der Waals surface area contributed by atoms with Crippen LogP contribution in [0.5, 0.6) is 0 Å². The van der Waals surface area contributed by atoms with Crippen molar-refractivity contribution in [2.75, 3.05) is 0 Å². The zero-order valence-electron chi connectivity index (χ0n) is 10.5. The summed E-state index contributed by atoms with van der Waals surface area (Å²) in [6, 6.07) is 13.9. The SMILES string of the molecule is O=C(c1ccccc1)c1cc(=O)n(Cc2ccco2)s1. The molecule has 0 atom stereocenters. The molecule has 2 heterocycles. The van der Waals surface area contributed by atoms with Crippen LogP contribution in [0.3, 0.4) is 0 Å². The fourth-order valence-electron chi connectivity index (χ4n) is 1.87. The van der Waals surface area contributed by atoms with Crippen molar-refractivity contribution < 1.29 is 9.21 Å². The maximum Gasteiger partial charge on any atom is 0.261 e. The predicted octanol–water partition coefficient (Wildman–Crippen LogP) is 2.78. The molecule has 0 N–H and O–H groups in total. The lowest BCUT2D eigenvalue weighted by Crippen LogP contribution is -2.11. The van der Waals surface area contributed by atoms with E-state index in [0.717, 1.165) is 11.5 Å². The molecule has 100 valence electrons. The fourth-order valence-corrected chi connectivity index (χ4v) is 2.79. The van der Waals surface area contributed by atoms with E-state index in [1.165, 1.54) is 10.0 Å². The Morgan fingerprint density at radius 2 is 1.95 bits per heavy atom. The number of furan rings is 1. The van der Waals surface area contributed by atoms with Crippen LogP contribution in [0.1, 0.15) is 21.0 Å². The predicted molar refractivity (Wildman–Crippen MR) is 76.3 cm³/mol. The van der Waals surface area contributed by atoms with E-state index in [2.05, 4.69) is 0 Å². The number of carbonyl (C=O) groups is 1. The molecule has 0 amide bonds. The minimum atomic E-state index is -0.189. The number of benzene rings is 1. The van der Waals surface area contributed by atoms with E-state index in [0.29, 0.717) is 22.7 Å². The molecule has 3 aromatic rings. The maximum atomic E-state index is 12.2. The zero-order chi connectivity index (χ0) is 13.9. The van der Waals surface area contributed by atoms with Gasteiger partial charge >= 0.3 is 0 Å². The molecule has 0 bridgehead atoms. The lowest BCUT2D eigenvalue weighted by Gasteiger charge is -1.97. The van der Waals surface area contributed by atoms with Gasteiger partial charge in [-0.1, -0.05) is 41.9 Å². The first kappa shape index (κ1) is 12.6. The standard InChI is InChI=1S/C15H11NO3S/c17-14-9-13(15(18)11-5-2-1-3-6-11)20-16(14)10-12-7-4-8-19-12/h1-9H,10H2. The summed E-state index contributed by atoms with van der Waals surface area (Å²) in [4.78, 5) is 24.6. The van der Waals surface area contributed by atoms with Crippen molar-refractivity contribution in [1.29, 1.82) is 0 Å². The number of rotatable bonds is 4. The molecule has 20 heavy (non-hydrogen) atoms. The molecule has 2 aromatic heterocycles. The fraction of sp³-hybridized carbons (Fsp3) is 0.0667. The van der Waals surface area contributed by atoms with E-state index in [1.54, 1.807) is 42.7 Å². The quantitative estimate of drug-likeness (QED) is 0.693. The van der Waals surface area contributed by atoms with Crippen molar-refractivity contribution in [3.8, 4) is 0 Å². The van der Waals surface area contributed by atoms with Crippen molar-refractivity contribution in [2.24, 2.45) is 0 Å². The summed E-state index contributed by atoms with van der Waals surface area (Å²) >= 11 is 1.16. The Morgan fingerprint density at radius 1 is 1.15 bits per heavy atom. The number of ketones is 1. The molecule has 0 aliphatic carbocycles. The summed E-state index contributed by atoms with van der Waals surface area (Å²) < 4.78 is 6.72. The van der Waals surface area contributed by atoms with Gasteiger partial charge in [-0.25, -0.2) is 0 Å². The second-order valence-electron chi connectivity index (χ2n) is 4.25. The highest BCUT2D eigenvalue weighted by Gasteiger charge is 2.14. The second kappa shape index (κ2) is 5.30. The van der Waals surface area contributed by atoms with Crippen LogP contribution < -0.4 is 5.56 Å². The lowest BCUT2D eigenvalue weighted by molar-refractivity contribution is 0.104. The Morgan fingerprint density at radius 3 is 2.65 bits per heavy atom. The molecule has 0 unspecified atom stereocenters. The highest BCUT2D eigenvalue weighted by molar-refractivity contribution is 7.08. The Balaban J connectivity index is 1.89. The molecule has 0 saturated carbocycles. The van der Waals surface area contributed by atoms with Gasteiger partial charge in [0.05, 0.1) is 17.7 Å². The largest absolute Gasteiger partial charge is 0.467 e. The van der Waals surface area contributed by atoms with Crippen molar-refractivity contribution in [2.45, 2.75) is 6.54 Å². The van der Waals surface area contributed by atoms with E-state index in [1.807, 2.05) is 6.07 Å². The smallest absolute Gasteiger partial charge is 0.261 e. The third-order valence-electron chi connectivity index (χ3n) is 2.85. The van der Waals surface area contributed by atoms with Gasteiger partial charge in [-0.15, -0.1) is 0 Å². The number of aromatic nitrogens is 1. The number of hydrogen-bond donors (Lipinski definition) is 0. The summed E-state index contributed by atoms with van der Waals surface area (Å²) in [7, 11) is 0. The highest BCUT2D eigenvalue weighted by Crippen LogP contribution is 2.14. The third kappa shape index (κ3) is 2.48. The summed E-state index contributed by atoms with van der Waals surface area (Å²) in [5.74, 6) is 0.554. The highest BCUT2D eigenvalue weighted by atomic mass is 32.1. The summed E-state index contributed by atoms with van der Waals surface area (Å²) in [6.07, 6.45) is 1.56. The van der Waals surface area contributed by atoms with E-state index >= 15 is 0 Å². The zero-order valence-corrected chi connectivity index (χ0v) is 11.3. The molecule has 0 aliphatic heterocycles. The van der Waals surface area contributed by atoms with Crippen molar-refractivity contribution in [3.05, 3.63) is 81.3 Å². The van der Waals surface area contributed by atoms with E-state index in [4.69, 9.17) is 4.42 Å². The Hall–Kier alpha value is -2.40. The van der Waals surface area contributed by atoms with Gasteiger partial charge in [0, 0.05) is 11.6 Å². The molecular formula is C15H11NO3S. The minimum absolute atomic E-state index is 0.133. The normalized spacial score (nSPS) is 10.6. The van der Waals surface area contributed by atoms with E-state index in [9.17, 15) is 9.59 Å². The molecule has 0 saturated heterocycles. The molecule has 1 aromatic carbocycles.